The largest absolute Gasteiger partial charge is 0.459 e. The molecule has 124 valence electrons. The lowest BCUT2D eigenvalue weighted by Gasteiger charge is -2.22. The van der Waals surface area contributed by atoms with Crippen LogP contribution < -0.4 is 10.6 Å². The summed E-state index contributed by atoms with van der Waals surface area (Å²) in [5.74, 6) is 0.278. The lowest BCUT2D eigenvalue weighted by Crippen LogP contribution is -2.30. The number of hydrogen-bond acceptors (Lipinski definition) is 5. The van der Waals surface area contributed by atoms with E-state index < -0.39 is 0 Å². The molecule has 0 radical (unpaired) electrons. The first-order valence-electron chi connectivity index (χ1n) is 8.17. The van der Waals surface area contributed by atoms with Crippen LogP contribution in [-0.2, 0) is 6.42 Å². The third-order valence-electron chi connectivity index (χ3n) is 4.16. The molecule has 0 saturated carbocycles. The molecule has 3 rings (SSSR count). The van der Waals surface area contributed by atoms with Gasteiger partial charge in [-0.25, -0.2) is 4.98 Å². The van der Waals surface area contributed by atoms with Crippen molar-refractivity contribution in [2.24, 2.45) is 0 Å². The fourth-order valence-corrected chi connectivity index (χ4v) is 4.07. The predicted molar refractivity (Wildman–Crippen MR) is 90.9 cm³/mol. The summed E-state index contributed by atoms with van der Waals surface area (Å²) in [6.07, 6.45) is 5.92. The van der Waals surface area contributed by atoms with Crippen LogP contribution >= 0.6 is 11.3 Å². The molecule has 2 aromatic heterocycles. The fraction of sp³-hybridized carbons (Fsp3) is 0.529. The zero-order chi connectivity index (χ0) is 16.2. The molecule has 5 nitrogen and oxygen atoms in total. The lowest BCUT2D eigenvalue weighted by molar-refractivity contribution is 0.0924. The van der Waals surface area contributed by atoms with Crippen molar-refractivity contribution < 1.29 is 9.21 Å². The first kappa shape index (κ1) is 16.2. The van der Waals surface area contributed by atoms with E-state index in [1.165, 1.54) is 23.4 Å². The second kappa shape index (κ2) is 7.27. The lowest BCUT2D eigenvalue weighted by atomic mass is 9.98. The first-order valence-corrected chi connectivity index (χ1v) is 8.98. The predicted octanol–water partition coefficient (Wildman–Crippen LogP) is 3.14. The minimum Gasteiger partial charge on any atom is -0.459 e. The van der Waals surface area contributed by atoms with Crippen molar-refractivity contribution in [2.45, 2.75) is 45.6 Å². The first-order chi connectivity index (χ1) is 11.1. The number of amides is 1. The normalized spacial score (nSPS) is 17.0. The van der Waals surface area contributed by atoms with Gasteiger partial charge >= 0.3 is 0 Å². The standard InChI is InChI=1S/C17H23N3O2S/c1-11-7-10-22-15(11)17(21)19-9-4-8-18-13-5-3-6-14-16(13)23-12(2)20-14/h7,10,13,18H,3-6,8-9H2,1-2H3,(H,19,21)/t13-/m1/s1. The Morgan fingerprint density at radius 2 is 2.30 bits per heavy atom. The maximum Gasteiger partial charge on any atom is 0.287 e. The van der Waals surface area contributed by atoms with Gasteiger partial charge in [-0.1, -0.05) is 0 Å². The molecule has 0 bridgehead atoms. The molecular weight excluding hydrogens is 310 g/mol. The van der Waals surface area contributed by atoms with E-state index in [1.54, 1.807) is 12.3 Å². The fourth-order valence-electron chi connectivity index (χ4n) is 2.99. The minimum absolute atomic E-state index is 0.134. The highest BCUT2D eigenvalue weighted by Gasteiger charge is 2.23. The Morgan fingerprint density at radius 3 is 3.09 bits per heavy atom. The maximum absolute atomic E-state index is 11.9. The van der Waals surface area contributed by atoms with Crippen LogP contribution in [0.25, 0.3) is 0 Å². The van der Waals surface area contributed by atoms with E-state index in [2.05, 4.69) is 22.5 Å². The minimum atomic E-state index is -0.134. The van der Waals surface area contributed by atoms with E-state index in [9.17, 15) is 4.79 Å². The number of hydrogen-bond donors (Lipinski definition) is 2. The van der Waals surface area contributed by atoms with Crippen molar-refractivity contribution in [1.82, 2.24) is 15.6 Å². The van der Waals surface area contributed by atoms with Gasteiger partial charge < -0.3 is 15.1 Å². The van der Waals surface area contributed by atoms with Crippen LogP contribution in [0.5, 0.6) is 0 Å². The summed E-state index contributed by atoms with van der Waals surface area (Å²) in [7, 11) is 0. The molecule has 1 amide bonds. The molecule has 6 heteroatoms. The second-order valence-corrected chi connectivity index (χ2v) is 7.22. The van der Waals surface area contributed by atoms with Crippen LogP contribution in [0.15, 0.2) is 16.7 Å². The van der Waals surface area contributed by atoms with Gasteiger partial charge in [0.25, 0.3) is 5.91 Å². The van der Waals surface area contributed by atoms with Crippen LogP contribution in [0.4, 0.5) is 0 Å². The van der Waals surface area contributed by atoms with E-state index in [-0.39, 0.29) is 5.91 Å². The van der Waals surface area contributed by atoms with Crippen molar-refractivity contribution in [1.29, 1.82) is 0 Å². The summed E-state index contributed by atoms with van der Waals surface area (Å²) >= 11 is 1.81. The van der Waals surface area contributed by atoms with Crippen molar-refractivity contribution in [3.8, 4) is 0 Å². The van der Waals surface area contributed by atoms with Gasteiger partial charge in [0.2, 0.25) is 0 Å². The average molecular weight is 333 g/mol. The highest BCUT2D eigenvalue weighted by Crippen LogP contribution is 2.33. The second-order valence-electron chi connectivity index (χ2n) is 5.98. The molecule has 2 heterocycles. The molecule has 1 aliphatic carbocycles. The highest BCUT2D eigenvalue weighted by molar-refractivity contribution is 7.11. The van der Waals surface area contributed by atoms with E-state index >= 15 is 0 Å². The van der Waals surface area contributed by atoms with E-state index in [4.69, 9.17) is 4.42 Å². The monoisotopic (exact) mass is 333 g/mol. The van der Waals surface area contributed by atoms with E-state index in [1.807, 2.05) is 18.3 Å². The van der Waals surface area contributed by atoms with Crippen LogP contribution in [0.2, 0.25) is 0 Å². The van der Waals surface area contributed by atoms with Gasteiger partial charge in [-0.05, 0) is 52.1 Å². The summed E-state index contributed by atoms with van der Waals surface area (Å²) in [6, 6.07) is 2.22. The van der Waals surface area contributed by atoms with Crippen molar-refractivity contribution in [3.05, 3.63) is 39.2 Å². The molecule has 0 saturated heterocycles. The van der Waals surface area contributed by atoms with Crippen LogP contribution in [0, 0.1) is 13.8 Å². The highest BCUT2D eigenvalue weighted by atomic mass is 32.1. The third kappa shape index (κ3) is 3.82. The van der Waals surface area contributed by atoms with Crippen molar-refractivity contribution >= 4 is 17.2 Å². The quantitative estimate of drug-likeness (QED) is 0.797. The maximum atomic E-state index is 11.9. The molecular formula is C17H23N3O2S. The number of fused-ring (bicyclic) bond motifs is 1. The SMILES string of the molecule is Cc1nc2c(s1)[C@H](NCCCNC(=O)c1occc1C)CCC2. The third-order valence-corrected chi connectivity index (χ3v) is 5.28. The van der Waals surface area contributed by atoms with Gasteiger partial charge in [0.1, 0.15) is 0 Å². The van der Waals surface area contributed by atoms with Gasteiger partial charge in [0, 0.05) is 23.0 Å². The number of aromatic nitrogens is 1. The summed E-state index contributed by atoms with van der Waals surface area (Å²) in [4.78, 5) is 17.9. The molecule has 0 spiro atoms. The van der Waals surface area contributed by atoms with Gasteiger partial charge in [-0.3, -0.25) is 4.79 Å². The zero-order valence-corrected chi connectivity index (χ0v) is 14.5. The van der Waals surface area contributed by atoms with E-state index in [0.717, 1.165) is 30.0 Å². The number of thiazole rings is 1. The van der Waals surface area contributed by atoms with Gasteiger partial charge in [0.15, 0.2) is 5.76 Å². The molecule has 0 aromatic carbocycles. The Balaban J connectivity index is 1.41. The number of nitrogens with zero attached hydrogens (tertiary/aromatic N) is 1. The number of furan rings is 1. The Hall–Kier alpha value is -1.66. The zero-order valence-electron chi connectivity index (χ0n) is 13.6. The molecule has 2 N–H and O–H groups in total. The molecule has 0 unspecified atom stereocenters. The average Bonchev–Trinajstić information content (AvgIpc) is 3.11. The molecule has 0 aliphatic heterocycles. The molecule has 23 heavy (non-hydrogen) atoms. The Kier molecular flexibility index (Phi) is 5.13. The van der Waals surface area contributed by atoms with Gasteiger partial charge in [0.05, 0.1) is 17.0 Å². The molecule has 1 aliphatic rings. The van der Waals surface area contributed by atoms with Gasteiger partial charge in [-0.2, -0.15) is 0 Å². The smallest absolute Gasteiger partial charge is 0.287 e. The Bertz CT molecular complexity index is 677. The molecule has 2 aromatic rings. The van der Waals surface area contributed by atoms with Crippen LogP contribution in [0.1, 0.15) is 57.0 Å². The number of rotatable bonds is 6. The van der Waals surface area contributed by atoms with Crippen LogP contribution in [0.3, 0.4) is 0 Å². The number of nitrogens with one attached hydrogen (secondary N) is 2. The van der Waals surface area contributed by atoms with Gasteiger partial charge in [-0.15, -0.1) is 11.3 Å². The number of carbonyl (C=O) groups excluding carboxylic acids is 1. The molecule has 0 fully saturated rings. The van der Waals surface area contributed by atoms with Crippen molar-refractivity contribution in [2.75, 3.05) is 13.1 Å². The summed E-state index contributed by atoms with van der Waals surface area (Å²) in [5, 5.41) is 7.67. The summed E-state index contributed by atoms with van der Waals surface area (Å²) < 4.78 is 5.19. The number of carbonyl (C=O) groups is 1. The Labute approximate surface area is 140 Å². The molecule has 1 atom stereocenters. The van der Waals surface area contributed by atoms with E-state index in [0.29, 0.717) is 18.3 Å². The topological polar surface area (TPSA) is 67.2 Å². The van der Waals surface area contributed by atoms with Crippen molar-refractivity contribution in [3.63, 3.8) is 0 Å². The summed E-state index contributed by atoms with van der Waals surface area (Å²) in [6.45, 7) is 5.48. The number of aryl methyl sites for hydroxylation is 3. The summed E-state index contributed by atoms with van der Waals surface area (Å²) in [5.41, 5.74) is 2.15. The Morgan fingerprint density at radius 1 is 1.43 bits per heavy atom. The van der Waals surface area contributed by atoms with Crippen LogP contribution in [-0.4, -0.2) is 24.0 Å².